The van der Waals surface area contributed by atoms with Crippen LogP contribution in [0.5, 0.6) is 0 Å². The first kappa shape index (κ1) is 18.5. The Morgan fingerprint density at radius 3 is 2.97 bits per heavy atom. The summed E-state index contributed by atoms with van der Waals surface area (Å²) in [7, 11) is 0. The maximum Gasteiger partial charge on any atom is 0.287 e. The predicted octanol–water partition coefficient (Wildman–Crippen LogP) is 5.99. The fraction of sp³-hybridized carbons (Fsp3) is 0.217. The number of hydrogen-bond acceptors (Lipinski definition) is 5. The molecule has 2 aromatic carbocycles. The van der Waals surface area contributed by atoms with Crippen molar-refractivity contribution in [3.05, 3.63) is 82.6 Å². The Hall–Kier alpha value is -2.57. The van der Waals surface area contributed by atoms with E-state index in [0.29, 0.717) is 11.5 Å². The smallest absolute Gasteiger partial charge is 0.287 e. The van der Waals surface area contributed by atoms with E-state index < -0.39 is 0 Å². The summed E-state index contributed by atoms with van der Waals surface area (Å²) in [5.41, 5.74) is 4.23. The van der Waals surface area contributed by atoms with Gasteiger partial charge in [0.25, 0.3) is 5.91 Å². The van der Waals surface area contributed by atoms with Crippen molar-refractivity contribution in [2.75, 3.05) is 0 Å². The molecule has 146 valence electrons. The van der Waals surface area contributed by atoms with Gasteiger partial charge in [-0.05, 0) is 36.5 Å². The van der Waals surface area contributed by atoms with Gasteiger partial charge >= 0.3 is 0 Å². The Morgan fingerprint density at radius 2 is 2.07 bits per heavy atom. The van der Waals surface area contributed by atoms with E-state index in [4.69, 9.17) is 4.42 Å². The molecule has 1 aliphatic carbocycles. The van der Waals surface area contributed by atoms with Gasteiger partial charge in [-0.2, -0.15) is 0 Å². The van der Waals surface area contributed by atoms with E-state index >= 15 is 0 Å². The van der Waals surface area contributed by atoms with Crippen LogP contribution in [-0.2, 0) is 12.2 Å². The zero-order chi connectivity index (χ0) is 19.6. The zero-order valence-electron chi connectivity index (χ0n) is 15.8. The van der Waals surface area contributed by atoms with E-state index in [-0.39, 0.29) is 11.9 Å². The monoisotopic (exact) mass is 420 g/mol. The number of carbonyl (C=O) groups is 1. The van der Waals surface area contributed by atoms with E-state index in [2.05, 4.69) is 28.5 Å². The normalized spacial score (nSPS) is 15.9. The highest BCUT2D eigenvalue weighted by Gasteiger charge is 2.26. The minimum atomic E-state index is -0.141. The number of aromatic nitrogens is 1. The number of furan rings is 1. The van der Waals surface area contributed by atoms with Gasteiger partial charge in [-0.3, -0.25) is 4.79 Å². The first-order valence-electron chi connectivity index (χ1n) is 9.71. The molecule has 0 saturated heterocycles. The summed E-state index contributed by atoms with van der Waals surface area (Å²) in [6.07, 6.45) is 4.90. The second kappa shape index (κ2) is 8.05. The number of thioether (sulfide) groups is 1. The number of amides is 1. The van der Waals surface area contributed by atoms with Gasteiger partial charge in [0.2, 0.25) is 0 Å². The van der Waals surface area contributed by atoms with Crippen molar-refractivity contribution < 1.29 is 9.21 Å². The summed E-state index contributed by atoms with van der Waals surface area (Å²) in [4.78, 5) is 17.6. The van der Waals surface area contributed by atoms with Crippen LogP contribution in [0, 0.1) is 0 Å². The molecule has 0 bridgehead atoms. The summed E-state index contributed by atoms with van der Waals surface area (Å²) in [5.74, 6) is 0.921. The number of carbonyl (C=O) groups excluding carboxylic acids is 1. The van der Waals surface area contributed by atoms with Crippen LogP contribution < -0.4 is 5.32 Å². The number of nitrogens with zero attached hydrogens (tertiary/aromatic N) is 1. The molecule has 0 saturated carbocycles. The first-order chi connectivity index (χ1) is 14.3. The molecule has 1 amide bonds. The molecule has 29 heavy (non-hydrogen) atoms. The van der Waals surface area contributed by atoms with Gasteiger partial charge in [-0.25, -0.2) is 4.98 Å². The lowest BCUT2D eigenvalue weighted by Crippen LogP contribution is -2.31. The lowest BCUT2D eigenvalue weighted by atomic mass is 9.87. The number of para-hydroxylation sites is 1. The highest BCUT2D eigenvalue weighted by atomic mass is 32.2. The summed E-state index contributed by atoms with van der Waals surface area (Å²) in [6, 6.07) is 16.3. The molecule has 0 spiro atoms. The maximum atomic E-state index is 13.2. The van der Waals surface area contributed by atoms with Crippen molar-refractivity contribution in [2.24, 2.45) is 0 Å². The third kappa shape index (κ3) is 3.70. The average molecular weight is 421 g/mol. The Morgan fingerprint density at radius 1 is 1.21 bits per heavy atom. The summed E-state index contributed by atoms with van der Waals surface area (Å²) in [6.45, 7) is 0. The highest BCUT2D eigenvalue weighted by molar-refractivity contribution is 8.00. The molecule has 2 aromatic heterocycles. The van der Waals surface area contributed by atoms with Gasteiger partial charge in [0.05, 0.1) is 6.04 Å². The van der Waals surface area contributed by atoms with Crippen LogP contribution in [0.25, 0.3) is 11.0 Å². The molecular weight excluding hydrogens is 400 g/mol. The molecule has 0 fully saturated rings. The molecule has 0 aliphatic heterocycles. The number of nitrogens with one attached hydrogen (secondary N) is 1. The number of hydrogen-bond donors (Lipinski definition) is 1. The van der Waals surface area contributed by atoms with Crippen LogP contribution >= 0.6 is 23.1 Å². The Bertz CT molecular complexity index is 1150. The average Bonchev–Trinajstić information content (AvgIpc) is 3.40. The fourth-order valence-electron chi connectivity index (χ4n) is 3.97. The molecule has 1 atom stereocenters. The summed E-state index contributed by atoms with van der Waals surface area (Å²) >= 11 is 3.24. The van der Waals surface area contributed by atoms with Crippen LogP contribution in [0.3, 0.4) is 0 Å². The van der Waals surface area contributed by atoms with E-state index in [1.165, 1.54) is 11.1 Å². The molecule has 0 unspecified atom stereocenters. The lowest BCUT2D eigenvalue weighted by Gasteiger charge is -2.26. The van der Waals surface area contributed by atoms with Crippen molar-refractivity contribution in [3.8, 4) is 0 Å². The van der Waals surface area contributed by atoms with Gasteiger partial charge in [0, 0.05) is 28.3 Å². The lowest BCUT2D eigenvalue weighted by molar-refractivity contribution is 0.0906. The van der Waals surface area contributed by atoms with E-state index in [0.717, 1.165) is 40.1 Å². The zero-order valence-corrected chi connectivity index (χ0v) is 17.4. The fourth-order valence-corrected chi connectivity index (χ4v) is 5.63. The van der Waals surface area contributed by atoms with E-state index in [9.17, 15) is 4.79 Å². The number of rotatable bonds is 5. The van der Waals surface area contributed by atoms with Crippen LogP contribution in [0.2, 0.25) is 0 Å². The van der Waals surface area contributed by atoms with Gasteiger partial charge in [0.1, 0.15) is 9.92 Å². The molecule has 4 nitrogen and oxygen atoms in total. The highest BCUT2D eigenvalue weighted by Crippen LogP contribution is 2.34. The third-order valence-corrected chi connectivity index (χ3v) is 7.32. The van der Waals surface area contributed by atoms with Gasteiger partial charge < -0.3 is 9.73 Å². The topological polar surface area (TPSA) is 55.1 Å². The van der Waals surface area contributed by atoms with Gasteiger partial charge in [-0.15, -0.1) is 11.3 Å². The molecule has 5 rings (SSSR count). The number of thiazole rings is 1. The van der Waals surface area contributed by atoms with Crippen molar-refractivity contribution in [2.45, 2.75) is 35.4 Å². The molecule has 1 N–H and O–H groups in total. The Kier molecular flexibility index (Phi) is 5.12. The van der Waals surface area contributed by atoms with E-state index in [1.807, 2.05) is 35.7 Å². The van der Waals surface area contributed by atoms with Crippen LogP contribution in [0.15, 0.2) is 68.9 Å². The van der Waals surface area contributed by atoms with Gasteiger partial charge in [0.15, 0.2) is 5.76 Å². The maximum absolute atomic E-state index is 13.2. The molecule has 0 radical (unpaired) electrons. The van der Waals surface area contributed by atoms with Crippen molar-refractivity contribution in [3.63, 3.8) is 0 Å². The molecule has 6 heteroatoms. The van der Waals surface area contributed by atoms with Crippen molar-refractivity contribution in [1.82, 2.24) is 10.3 Å². The van der Waals surface area contributed by atoms with Crippen LogP contribution in [-0.4, -0.2) is 10.9 Å². The summed E-state index contributed by atoms with van der Waals surface area (Å²) < 4.78 is 7.01. The summed E-state index contributed by atoms with van der Waals surface area (Å²) in [5, 5.41) is 6.18. The first-order valence-corrected chi connectivity index (χ1v) is 11.6. The minimum absolute atomic E-state index is 0.0279. The van der Waals surface area contributed by atoms with Crippen LogP contribution in [0.1, 0.15) is 46.1 Å². The molecule has 1 aliphatic rings. The SMILES string of the molecule is O=C(N[C@H]1CCCc2ccccc21)c1oc2ccccc2c1CSc1nccs1. The van der Waals surface area contributed by atoms with Crippen molar-refractivity contribution >= 4 is 40.0 Å². The largest absolute Gasteiger partial charge is 0.451 e. The van der Waals surface area contributed by atoms with Crippen LogP contribution in [0.4, 0.5) is 0 Å². The molecule has 4 aromatic rings. The Balaban J connectivity index is 1.45. The quantitative estimate of drug-likeness (QED) is 0.403. The molecule has 2 heterocycles. The second-order valence-electron chi connectivity index (χ2n) is 7.11. The second-order valence-corrected chi connectivity index (χ2v) is 9.23. The number of benzene rings is 2. The minimum Gasteiger partial charge on any atom is -0.451 e. The van der Waals surface area contributed by atoms with Gasteiger partial charge in [-0.1, -0.05) is 54.2 Å². The molecular formula is C23H20N2O2S2. The van der Waals surface area contributed by atoms with Crippen molar-refractivity contribution in [1.29, 1.82) is 0 Å². The third-order valence-electron chi connectivity index (χ3n) is 5.33. The standard InChI is InChI=1S/C23H20N2O2S2/c26-22(25-19-10-5-7-15-6-1-2-8-16(15)19)21-18(14-29-23-24-12-13-28-23)17-9-3-4-11-20(17)27-21/h1-4,6,8-9,11-13,19H,5,7,10,14H2,(H,25,26)/t19-/m0/s1. The predicted molar refractivity (Wildman–Crippen MR) is 117 cm³/mol. The number of fused-ring (bicyclic) bond motifs is 2. The number of aryl methyl sites for hydroxylation is 1. The Labute approximate surface area is 177 Å². The van der Waals surface area contributed by atoms with E-state index in [1.54, 1.807) is 29.3 Å².